The number of amides is 1. The van der Waals surface area contributed by atoms with Gasteiger partial charge in [0.1, 0.15) is 17.3 Å². The van der Waals surface area contributed by atoms with Gasteiger partial charge >= 0.3 is 5.97 Å². The molecule has 1 aliphatic rings. The number of para-hydroxylation sites is 1. The number of carbonyl (C=O) groups excluding carboxylic acids is 1. The van der Waals surface area contributed by atoms with E-state index < -0.39 is 27.7 Å². The van der Waals surface area contributed by atoms with Crippen LogP contribution in [-0.2, 0) is 10.0 Å². The van der Waals surface area contributed by atoms with E-state index in [0.717, 1.165) is 22.9 Å². The molecule has 3 N–H and O–H groups in total. The van der Waals surface area contributed by atoms with Crippen LogP contribution in [0.15, 0.2) is 108 Å². The molecule has 0 saturated heterocycles. The predicted octanol–water partition coefficient (Wildman–Crippen LogP) is 6.79. The van der Waals surface area contributed by atoms with Gasteiger partial charge in [-0.2, -0.15) is 0 Å². The summed E-state index contributed by atoms with van der Waals surface area (Å²) in [6.45, 7) is 0. The Morgan fingerprint density at radius 2 is 1.51 bits per heavy atom. The molecule has 1 aromatic heterocycles. The quantitative estimate of drug-likeness (QED) is 0.149. The summed E-state index contributed by atoms with van der Waals surface area (Å²) in [4.78, 5) is 28.3. The number of pyridine rings is 1. The van der Waals surface area contributed by atoms with Crippen molar-refractivity contribution >= 4 is 38.4 Å². The summed E-state index contributed by atoms with van der Waals surface area (Å²) in [7, 11) is -3.73. The van der Waals surface area contributed by atoms with Gasteiger partial charge in [-0.25, -0.2) is 27.3 Å². The largest absolute Gasteiger partial charge is 0.490 e. The Balaban J connectivity index is 1.02. The molecule has 1 fully saturated rings. The predicted molar refractivity (Wildman–Crippen MR) is 173 cm³/mol. The van der Waals surface area contributed by atoms with Crippen molar-refractivity contribution < 1.29 is 37.0 Å². The first-order valence-corrected chi connectivity index (χ1v) is 16.4. The first kappa shape index (κ1) is 31.6. The summed E-state index contributed by atoms with van der Waals surface area (Å²) in [6, 6.07) is 25.1. The topological polar surface area (TPSA) is 144 Å². The van der Waals surface area contributed by atoms with Gasteiger partial charge < -0.3 is 19.9 Å². The molecule has 0 aliphatic heterocycles. The van der Waals surface area contributed by atoms with Crippen molar-refractivity contribution in [3.05, 3.63) is 120 Å². The maximum absolute atomic E-state index is 13.2. The van der Waals surface area contributed by atoms with E-state index in [2.05, 4.69) is 15.0 Å². The number of rotatable bonds is 10. The van der Waals surface area contributed by atoms with E-state index in [0.29, 0.717) is 37.2 Å². The molecule has 1 saturated carbocycles. The Morgan fingerprint density at radius 1 is 0.830 bits per heavy atom. The van der Waals surface area contributed by atoms with E-state index in [1.807, 2.05) is 30.3 Å². The van der Waals surface area contributed by atoms with Gasteiger partial charge in [-0.15, -0.1) is 0 Å². The molecule has 5 aromatic rings. The number of nitrogens with zero attached hydrogens (tertiary/aromatic N) is 1. The SMILES string of the molecule is O=C(Nc1ccccc1C(=O)O)c1ccc(Oc2ccc3cc(OC4CCC(NS(=O)(=O)c5ccc(F)cc5)CC4)ccc3c2)nc1. The van der Waals surface area contributed by atoms with Crippen molar-refractivity contribution in [2.45, 2.75) is 42.7 Å². The summed E-state index contributed by atoms with van der Waals surface area (Å²) in [5.41, 5.74) is 0.412. The minimum Gasteiger partial charge on any atom is -0.490 e. The summed E-state index contributed by atoms with van der Waals surface area (Å²) in [5, 5.41) is 13.8. The number of benzene rings is 4. The fourth-order valence-electron chi connectivity index (χ4n) is 5.40. The smallest absolute Gasteiger partial charge is 0.337 e. The fourth-order valence-corrected chi connectivity index (χ4v) is 6.70. The molecule has 47 heavy (non-hydrogen) atoms. The van der Waals surface area contributed by atoms with E-state index in [4.69, 9.17) is 9.47 Å². The Morgan fingerprint density at radius 3 is 2.19 bits per heavy atom. The van der Waals surface area contributed by atoms with Crippen LogP contribution in [0.25, 0.3) is 10.8 Å². The maximum atomic E-state index is 13.2. The zero-order valence-corrected chi connectivity index (χ0v) is 25.7. The molecule has 0 unspecified atom stereocenters. The summed E-state index contributed by atoms with van der Waals surface area (Å²) >= 11 is 0. The third kappa shape index (κ3) is 7.74. The zero-order valence-electron chi connectivity index (χ0n) is 24.9. The van der Waals surface area contributed by atoms with Crippen molar-refractivity contribution in [1.82, 2.24) is 9.71 Å². The van der Waals surface area contributed by atoms with E-state index in [-0.39, 0.29) is 39.7 Å². The van der Waals surface area contributed by atoms with Crippen LogP contribution in [0.5, 0.6) is 17.4 Å². The Kier molecular flexibility index (Phi) is 9.14. The minimum atomic E-state index is -3.73. The molecular weight excluding hydrogens is 625 g/mol. The number of aromatic nitrogens is 1. The molecular formula is C35H30FN3O7S. The number of fused-ring (bicyclic) bond motifs is 1. The second-order valence-corrected chi connectivity index (χ2v) is 12.8. The standard InChI is InChI=1S/C35H30FN3O7S/c36-25-8-16-30(17-9-25)47(43,44)39-26-10-14-27(15-11-26)45-28-12-5-23-20-29(13-6-22(23)19-28)46-33-18-7-24(21-37-33)34(40)38-32-4-2-1-3-31(32)35(41)42/h1-9,12-13,16-21,26-27,39H,10-11,14-15H2,(H,38,40)(H,41,42). The van der Waals surface area contributed by atoms with Gasteiger partial charge in [0.05, 0.1) is 27.8 Å². The highest BCUT2D eigenvalue weighted by molar-refractivity contribution is 7.89. The zero-order chi connectivity index (χ0) is 33.0. The normalized spacial score (nSPS) is 16.4. The van der Waals surface area contributed by atoms with Crippen LogP contribution in [0.1, 0.15) is 46.4 Å². The number of carboxylic acids is 1. The molecule has 6 rings (SSSR count). The monoisotopic (exact) mass is 655 g/mol. The number of halogens is 1. The van der Waals surface area contributed by atoms with Crippen LogP contribution in [-0.4, -0.2) is 42.5 Å². The summed E-state index contributed by atoms with van der Waals surface area (Å²) < 4.78 is 53.3. The van der Waals surface area contributed by atoms with Gasteiger partial charge in [-0.05, 0) is 103 Å². The highest BCUT2D eigenvalue weighted by Crippen LogP contribution is 2.30. The molecule has 1 amide bonds. The van der Waals surface area contributed by atoms with Gasteiger partial charge in [-0.3, -0.25) is 4.79 Å². The third-order valence-electron chi connectivity index (χ3n) is 7.83. The van der Waals surface area contributed by atoms with E-state index in [1.54, 1.807) is 30.3 Å². The minimum absolute atomic E-state index is 0.0146. The van der Waals surface area contributed by atoms with E-state index in [9.17, 15) is 27.5 Å². The number of anilines is 1. The third-order valence-corrected chi connectivity index (χ3v) is 9.37. The number of hydrogen-bond donors (Lipinski definition) is 3. The van der Waals surface area contributed by atoms with Crippen LogP contribution in [0.3, 0.4) is 0 Å². The second-order valence-electron chi connectivity index (χ2n) is 11.1. The highest BCUT2D eigenvalue weighted by atomic mass is 32.2. The number of nitrogens with one attached hydrogen (secondary N) is 2. The first-order valence-electron chi connectivity index (χ1n) is 14.9. The lowest BCUT2D eigenvalue weighted by atomic mass is 9.93. The molecule has 240 valence electrons. The van der Waals surface area contributed by atoms with Crippen molar-refractivity contribution in [3.8, 4) is 17.4 Å². The average Bonchev–Trinajstić information content (AvgIpc) is 3.06. The summed E-state index contributed by atoms with van der Waals surface area (Å²) in [6.07, 6.45) is 3.92. The van der Waals surface area contributed by atoms with Gasteiger partial charge in [0.2, 0.25) is 15.9 Å². The molecule has 0 bridgehead atoms. The Hall–Kier alpha value is -5.33. The number of carboxylic acid groups (broad SMARTS) is 1. The molecule has 4 aromatic carbocycles. The van der Waals surface area contributed by atoms with Crippen LogP contribution in [0.4, 0.5) is 10.1 Å². The van der Waals surface area contributed by atoms with Gasteiger partial charge in [-0.1, -0.05) is 24.3 Å². The lowest BCUT2D eigenvalue weighted by Gasteiger charge is -2.29. The van der Waals surface area contributed by atoms with Crippen molar-refractivity contribution in [2.75, 3.05) is 5.32 Å². The number of ether oxygens (including phenoxy) is 2. The van der Waals surface area contributed by atoms with E-state index in [1.165, 1.54) is 30.5 Å². The average molecular weight is 656 g/mol. The molecule has 1 aliphatic carbocycles. The molecule has 12 heteroatoms. The van der Waals surface area contributed by atoms with Gasteiger partial charge in [0, 0.05) is 18.3 Å². The number of aromatic carboxylic acids is 1. The number of sulfonamides is 1. The lowest BCUT2D eigenvalue weighted by molar-refractivity contribution is 0.0698. The van der Waals surface area contributed by atoms with Gasteiger partial charge in [0.25, 0.3) is 5.91 Å². The molecule has 0 radical (unpaired) electrons. The van der Waals surface area contributed by atoms with Crippen molar-refractivity contribution in [1.29, 1.82) is 0 Å². The summed E-state index contributed by atoms with van der Waals surface area (Å²) in [5.74, 6) is -0.591. The molecule has 0 spiro atoms. The second kappa shape index (κ2) is 13.6. The molecule has 10 nitrogen and oxygen atoms in total. The molecule has 1 heterocycles. The fraction of sp³-hybridized carbons (Fsp3) is 0.171. The lowest BCUT2D eigenvalue weighted by Crippen LogP contribution is -2.39. The van der Waals surface area contributed by atoms with E-state index >= 15 is 0 Å². The highest BCUT2D eigenvalue weighted by Gasteiger charge is 2.27. The number of carbonyl (C=O) groups is 2. The molecule has 0 atom stereocenters. The number of hydrogen-bond acceptors (Lipinski definition) is 7. The van der Waals surface area contributed by atoms with Crippen LogP contribution < -0.4 is 19.5 Å². The Bertz CT molecular complexity index is 2030. The maximum Gasteiger partial charge on any atom is 0.337 e. The Labute approximate surface area is 270 Å². The van der Waals surface area contributed by atoms with Crippen molar-refractivity contribution in [2.24, 2.45) is 0 Å². The van der Waals surface area contributed by atoms with Gasteiger partial charge in [0.15, 0.2) is 0 Å². The van der Waals surface area contributed by atoms with Crippen LogP contribution in [0.2, 0.25) is 0 Å². The first-order chi connectivity index (χ1) is 22.6. The van der Waals surface area contributed by atoms with Crippen LogP contribution >= 0.6 is 0 Å². The van der Waals surface area contributed by atoms with Crippen LogP contribution in [0, 0.1) is 5.82 Å². The van der Waals surface area contributed by atoms with Crippen molar-refractivity contribution in [3.63, 3.8) is 0 Å².